The number of aromatic nitrogens is 1. The molecule has 3 aromatic rings. The Bertz CT molecular complexity index is 1070. The number of nitrogens with one attached hydrogen (secondary N) is 1. The Morgan fingerprint density at radius 2 is 1.93 bits per heavy atom. The average molecular weight is 399 g/mol. The van der Waals surface area contributed by atoms with E-state index in [-0.39, 0.29) is 11.3 Å². The number of anilines is 1. The van der Waals surface area contributed by atoms with Crippen LogP contribution in [0.15, 0.2) is 54.0 Å². The van der Waals surface area contributed by atoms with E-state index < -0.39 is 11.7 Å². The van der Waals surface area contributed by atoms with E-state index in [1.165, 1.54) is 35.2 Å². The van der Waals surface area contributed by atoms with Crippen LogP contribution in [0.2, 0.25) is 0 Å². The molecule has 1 aromatic heterocycles. The van der Waals surface area contributed by atoms with Crippen molar-refractivity contribution in [3.8, 4) is 17.3 Å². The van der Waals surface area contributed by atoms with Crippen molar-refractivity contribution in [2.24, 2.45) is 0 Å². The maximum absolute atomic E-state index is 12.8. The van der Waals surface area contributed by atoms with Crippen LogP contribution < -0.4 is 5.32 Å². The van der Waals surface area contributed by atoms with Crippen molar-refractivity contribution in [3.63, 3.8) is 0 Å². The molecule has 3 rings (SSSR count). The molecular formula is C21H16F3N3S. The van der Waals surface area contributed by atoms with Gasteiger partial charge in [0.05, 0.1) is 11.3 Å². The van der Waals surface area contributed by atoms with Crippen molar-refractivity contribution in [2.45, 2.75) is 20.0 Å². The van der Waals surface area contributed by atoms with Crippen LogP contribution in [0.5, 0.6) is 0 Å². The molecule has 0 bridgehead atoms. The van der Waals surface area contributed by atoms with E-state index in [4.69, 9.17) is 0 Å². The minimum absolute atomic E-state index is 0.244. The molecule has 3 nitrogen and oxygen atoms in total. The van der Waals surface area contributed by atoms with E-state index in [1.54, 1.807) is 0 Å². The fourth-order valence-corrected chi connectivity index (χ4v) is 3.31. The molecule has 0 aliphatic rings. The van der Waals surface area contributed by atoms with Crippen LogP contribution in [0.1, 0.15) is 21.7 Å². The molecule has 142 valence electrons. The number of hydrogen-bond donors (Lipinski definition) is 1. The van der Waals surface area contributed by atoms with Gasteiger partial charge in [0.15, 0.2) is 0 Å². The zero-order chi connectivity index (χ0) is 20.3. The standard InChI is InChI=1S/C21H16F3N3S/c1-13-6-7-15(8-14(13)2)19-12-28-20(27-19)16(10-25)11-26-18-5-3-4-17(9-18)21(22,23)24/h3-9,11-12,26H,1-2H3/b16-11+. The van der Waals surface area contributed by atoms with Gasteiger partial charge in [-0.05, 0) is 49.2 Å². The maximum atomic E-state index is 12.8. The number of allylic oxidation sites excluding steroid dienone is 1. The van der Waals surface area contributed by atoms with Gasteiger partial charge in [-0.25, -0.2) is 4.98 Å². The van der Waals surface area contributed by atoms with Crippen molar-refractivity contribution in [1.29, 1.82) is 5.26 Å². The highest BCUT2D eigenvalue weighted by Gasteiger charge is 2.30. The highest BCUT2D eigenvalue weighted by atomic mass is 32.1. The Labute approximate surface area is 164 Å². The minimum Gasteiger partial charge on any atom is -0.360 e. The van der Waals surface area contributed by atoms with Crippen LogP contribution in [0.4, 0.5) is 18.9 Å². The van der Waals surface area contributed by atoms with Crippen molar-refractivity contribution < 1.29 is 13.2 Å². The number of aryl methyl sites for hydroxylation is 2. The number of nitrogens with zero attached hydrogens (tertiary/aromatic N) is 2. The first-order valence-corrected chi connectivity index (χ1v) is 9.23. The second-order valence-electron chi connectivity index (χ2n) is 6.23. The zero-order valence-electron chi connectivity index (χ0n) is 15.1. The van der Waals surface area contributed by atoms with Gasteiger partial charge in [-0.15, -0.1) is 11.3 Å². The van der Waals surface area contributed by atoms with Gasteiger partial charge in [0.2, 0.25) is 0 Å². The summed E-state index contributed by atoms with van der Waals surface area (Å²) in [5.41, 5.74) is 3.77. The number of hydrogen-bond acceptors (Lipinski definition) is 4. The highest BCUT2D eigenvalue weighted by Crippen LogP contribution is 2.31. The highest BCUT2D eigenvalue weighted by molar-refractivity contribution is 7.11. The Balaban J connectivity index is 1.83. The molecule has 0 radical (unpaired) electrons. The summed E-state index contributed by atoms with van der Waals surface area (Å²) in [6, 6.07) is 12.9. The quantitative estimate of drug-likeness (QED) is 0.515. The topological polar surface area (TPSA) is 48.7 Å². The van der Waals surface area contributed by atoms with Gasteiger partial charge in [-0.2, -0.15) is 18.4 Å². The van der Waals surface area contributed by atoms with Gasteiger partial charge in [-0.3, -0.25) is 0 Å². The van der Waals surface area contributed by atoms with Gasteiger partial charge in [0.25, 0.3) is 0 Å². The third-order valence-electron chi connectivity index (χ3n) is 4.23. The summed E-state index contributed by atoms with van der Waals surface area (Å²) in [6.07, 6.45) is -3.05. The third kappa shape index (κ3) is 4.41. The van der Waals surface area contributed by atoms with Gasteiger partial charge in [0, 0.05) is 22.8 Å². The van der Waals surface area contributed by atoms with Gasteiger partial charge in [-0.1, -0.05) is 18.2 Å². The average Bonchev–Trinajstić information content (AvgIpc) is 3.14. The second kappa shape index (κ2) is 7.87. The first-order chi connectivity index (χ1) is 13.3. The third-order valence-corrected chi connectivity index (χ3v) is 5.11. The Morgan fingerprint density at radius 3 is 2.61 bits per heavy atom. The molecule has 0 saturated carbocycles. The number of benzene rings is 2. The molecule has 7 heteroatoms. The Morgan fingerprint density at radius 1 is 1.14 bits per heavy atom. The van der Waals surface area contributed by atoms with Crippen molar-refractivity contribution in [3.05, 3.63) is 75.7 Å². The van der Waals surface area contributed by atoms with Crippen molar-refractivity contribution in [2.75, 3.05) is 5.32 Å². The lowest BCUT2D eigenvalue weighted by molar-refractivity contribution is -0.137. The molecule has 0 aliphatic carbocycles. The Kier molecular flexibility index (Phi) is 5.52. The molecule has 0 aliphatic heterocycles. The van der Waals surface area contributed by atoms with E-state index >= 15 is 0 Å². The first-order valence-electron chi connectivity index (χ1n) is 8.35. The molecule has 2 aromatic carbocycles. The fraction of sp³-hybridized carbons (Fsp3) is 0.143. The van der Waals surface area contributed by atoms with Gasteiger partial charge in [0.1, 0.15) is 16.6 Å². The molecule has 0 amide bonds. The van der Waals surface area contributed by atoms with Crippen LogP contribution in [-0.4, -0.2) is 4.98 Å². The number of thiazole rings is 1. The van der Waals surface area contributed by atoms with E-state index in [2.05, 4.69) is 10.3 Å². The second-order valence-corrected chi connectivity index (χ2v) is 7.09. The number of rotatable bonds is 4. The molecule has 0 saturated heterocycles. The van der Waals surface area contributed by atoms with E-state index in [1.807, 2.05) is 43.5 Å². The van der Waals surface area contributed by atoms with Crippen LogP contribution in [0, 0.1) is 25.2 Å². The smallest absolute Gasteiger partial charge is 0.360 e. The van der Waals surface area contributed by atoms with Crippen LogP contribution in [-0.2, 0) is 6.18 Å². The van der Waals surface area contributed by atoms with Gasteiger partial charge >= 0.3 is 6.18 Å². The van der Waals surface area contributed by atoms with E-state index in [0.29, 0.717) is 5.01 Å². The summed E-state index contributed by atoms with van der Waals surface area (Å²) in [7, 11) is 0. The summed E-state index contributed by atoms with van der Waals surface area (Å²) in [4.78, 5) is 4.50. The summed E-state index contributed by atoms with van der Waals surface area (Å²) in [6.45, 7) is 4.05. The zero-order valence-corrected chi connectivity index (χ0v) is 15.9. The van der Waals surface area contributed by atoms with Crippen LogP contribution in [0.25, 0.3) is 16.8 Å². The molecule has 28 heavy (non-hydrogen) atoms. The van der Waals surface area contributed by atoms with Crippen molar-refractivity contribution >= 4 is 22.6 Å². The molecule has 0 unspecified atom stereocenters. The maximum Gasteiger partial charge on any atom is 0.416 e. The summed E-state index contributed by atoms with van der Waals surface area (Å²) < 4.78 is 38.4. The summed E-state index contributed by atoms with van der Waals surface area (Å²) >= 11 is 1.31. The largest absolute Gasteiger partial charge is 0.416 e. The first kappa shape index (κ1) is 19.6. The lowest BCUT2D eigenvalue weighted by Crippen LogP contribution is -2.05. The predicted molar refractivity (Wildman–Crippen MR) is 106 cm³/mol. The minimum atomic E-state index is -4.42. The van der Waals surface area contributed by atoms with Crippen LogP contribution in [0.3, 0.4) is 0 Å². The van der Waals surface area contributed by atoms with Gasteiger partial charge < -0.3 is 5.32 Å². The molecule has 1 heterocycles. The molecule has 1 N–H and O–H groups in total. The number of alkyl halides is 3. The van der Waals surface area contributed by atoms with Crippen molar-refractivity contribution in [1.82, 2.24) is 4.98 Å². The summed E-state index contributed by atoms with van der Waals surface area (Å²) in [5.74, 6) is 0. The van der Waals surface area contributed by atoms with Crippen LogP contribution >= 0.6 is 11.3 Å². The Hall–Kier alpha value is -3.11. The monoisotopic (exact) mass is 399 g/mol. The SMILES string of the molecule is Cc1ccc(-c2csc(/C(C#N)=C/Nc3cccc(C(F)(F)F)c3)n2)cc1C. The molecule has 0 fully saturated rings. The lowest BCUT2D eigenvalue weighted by Gasteiger charge is -2.08. The van der Waals surface area contributed by atoms with E-state index in [0.717, 1.165) is 29.0 Å². The number of halogens is 3. The predicted octanol–water partition coefficient (Wildman–Crippen LogP) is 6.42. The molecular weight excluding hydrogens is 383 g/mol. The number of nitriles is 1. The molecule has 0 atom stereocenters. The summed E-state index contributed by atoms with van der Waals surface area (Å²) in [5, 5.41) is 14.5. The fourth-order valence-electron chi connectivity index (χ4n) is 2.51. The lowest BCUT2D eigenvalue weighted by atomic mass is 10.1. The normalized spacial score (nSPS) is 11.9. The van der Waals surface area contributed by atoms with E-state index in [9.17, 15) is 18.4 Å². The molecule has 0 spiro atoms.